The van der Waals surface area contributed by atoms with Crippen molar-refractivity contribution in [3.8, 4) is 5.75 Å². The third kappa shape index (κ3) is 4.59. The van der Waals surface area contributed by atoms with Gasteiger partial charge >= 0.3 is 0 Å². The molecule has 0 radical (unpaired) electrons. The Morgan fingerprint density at radius 3 is 2.76 bits per heavy atom. The van der Waals surface area contributed by atoms with Crippen molar-refractivity contribution < 1.29 is 14.6 Å². The van der Waals surface area contributed by atoms with E-state index in [9.17, 15) is 9.90 Å². The fourth-order valence-corrected chi connectivity index (χ4v) is 3.16. The number of benzene rings is 2. The summed E-state index contributed by atoms with van der Waals surface area (Å²) in [5.41, 5.74) is 2.54. The van der Waals surface area contributed by atoms with Crippen LogP contribution in [0.1, 0.15) is 22.3 Å². The van der Waals surface area contributed by atoms with Crippen molar-refractivity contribution in [2.75, 3.05) is 32.1 Å². The van der Waals surface area contributed by atoms with Crippen LogP contribution in [0.4, 0.5) is 5.69 Å². The highest BCUT2D eigenvalue weighted by molar-refractivity contribution is 6.04. The number of rotatable bonds is 6. The molecule has 1 atom stereocenters. The number of amides is 1. The molecule has 0 spiro atoms. The number of aliphatic hydroxyl groups is 1. The Morgan fingerprint density at radius 1 is 1.28 bits per heavy atom. The molecule has 0 saturated carbocycles. The molecule has 0 aromatic heterocycles. The van der Waals surface area contributed by atoms with E-state index in [1.54, 1.807) is 31.4 Å². The molecule has 1 saturated heterocycles. The van der Waals surface area contributed by atoms with Crippen LogP contribution in [0.3, 0.4) is 0 Å². The number of hydrogen-bond donors (Lipinski definition) is 2. The zero-order chi connectivity index (χ0) is 17.6. The summed E-state index contributed by atoms with van der Waals surface area (Å²) in [4.78, 5) is 14.7. The lowest BCUT2D eigenvalue weighted by molar-refractivity contribution is 0.102. The summed E-state index contributed by atoms with van der Waals surface area (Å²) in [7, 11) is 1.60. The molecular formula is C20H24N2O3. The van der Waals surface area contributed by atoms with Crippen LogP contribution < -0.4 is 10.1 Å². The Balaban J connectivity index is 1.62. The summed E-state index contributed by atoms with van der Waals surface area (Å²) in [6, 6.07) is 15.0. The van der Waals surface area contributed by atoms with Gasteiger partial charge in [-0.05, 0) is 60.8 Å². The number of hydrogen-bond acceptors (Lipinski definition) is 4. The van der Waals surface area contributed by atoms with Gasteiger partial charge in [-0.25, -0.2) is 0 Å². The van der Waals surface area contributed by atoms with Crippen molar-refractivity contribution in [1.82, 2.24) is 4.90 Å². The Labute approximate surface area is 148 Å². The van der Waals surface area contributed by atoms with Gasteiger partial charge in [0.15, 0.2) is 0 Å². The number of carbonyl (C=O) groups excluding carboxylic acids is 1. The van der Waals surface area contributed by atoms with Crippen molar-refractivity contribution >= 4 is 11.6 Å². The molecule has 5 heteroatoms. The van der Waals surface area contributed by atoms with Crippen LogP contribution in [0.2, 0.25) is 0 Å². The molecule has 0 aliphatic carbocycles. The highest BCUT2D eigenvalue weighted by atomic mass is 16.5. The molecule has 3 rings (SSSR count). The lowest BCUT2D eigenvalue weighted by Gasteiger charge is -2.16. The third-order valence-corrected chi connectivity index (χ3v) is 4.57. The van der Waals surface area contributed by atoms with Crippen molar-refractivity contribution in [3.05, 3.63) is 59.7 Å². The number of carbonyl (C=O) groups is 1. The van der Waals surface area contributed by atoms with E-state index in [2.05, 4.69) is 16.3 Å². The highest BCUT2D eigenvalue weighted by Crippen LogP contribution is 2.20. The number of ether oxygens (including phenoxy) is 1. The molecule has 1 heterocycles. The van der Waals surface area contributed by atoms with Crippen LogP contribution in [0.15, 0.2) is 48.5 Å². The summed E-state index contributed by atoms with van der Waals surface area (Å²) in [6.45, 7) is 3.03. The average molecular weight is 340 g/mol. The van der Waals surface area contributed by atoms with Gasteiger partial charge in [-0.3, -0.25) is 9.69 Å². The van der Waals surface area contributed by atoms with Crippen molar-refractivity contribution in [3.63, 3.8) is 0 Å². The molecule has 0 bridgehead atoms. The van der Waals surface area contributed by atoms with Crippen LogP contribution in [-0.2, 0) is 6.54 Å². The molecule has 5 nitrogen and oxygen atoms in total. The van der Waals surface area contributed by atoms with Gasteiger partial charge in [-0.15, -0.1) is 0 Å². The SMILES string of the molecule is COc1ccc(C(=O)Nc2cccc(CN3CCC(CO)C3)c2)cc1. The first kappa shape index (κ1) is 17.5. The van der Waals surface area contributed by atoms with E-state index >= 15 is 0 Å². The van der Waals surface area contributed by atoms with E-state index < -0.39 is 0 Å². The largest absolute Gasteiger partial charge is 0.497 e. The second-order valence-corrected chi connectivity index (χ2v) is 6.46. The van der Waals surface area contributed by atoms with E-state index in [4.69, 9.17) is 4.74 Å². The first-order valence-corrected chi connectivity index (χ1v) is 8.55. The summed E-state index contributed by atoms with van der Waals surface area (Å²) in [5, 5.41) is 12.2. The molecule has 132 valence electrons. The maximum atomic E-state index is 12.4. The normalized spacial score (nSPS) is 17.4. The maximum absolute atomic E-state index is 12.4. The van der Waals surface area contributed by atoms with E-state index in [1.807, 2.05) is 18.2 Å². The molecule has 25 heavy (non-hydrogen) atoms. The minimum atomic E-state index is -0.138. The molecular weight excluding hydrogens is 316 g/mol. The fraction of sp³-hybridized carbons (Fsp3) is 0.350. The zero-order valence-corrected chi connectivity index (χ0v) is 14.4. The standard InChI is InChI=1S/C20H24N2O3/c1-25-19-7-5-17(6-8-19)20(24)21-18-4-2-3-15(11-18)12-22-10-9-16(13-22)14-23/h2-8,11,16,23H,9-10,12-14H2,1H3,(H,21,24). The smallest absolute Gasteiger partial charge is 0.255 e. The van der Waals surface area contributed by atoms with Gasteiger partial charge < -0.3 is 15.2 Å². The lowest BCUT2D eigenvalue weighted by Crippen LogP contribution is -2.21. The first-order valence-electron chi connectivity index (χ1n) is 8.55. The van der Waals surface area contributed by atoms with Gasteiger partial charge in [0.25, 0.3) is 5.91 Å². The Morgan fingerprint density at radius 2 is 2.08 bits per heavy atom. The zero-order valence-electron chi connectivity index (χ0n) is 14.4. The predicted molar refractivity (Wildman–Crippen MR) is 97.9 cm³/mol. The van der Waals surface area contributed by atoms with E-state index in [0.29, 0.717) is 11.5 Å². The summed E-state index contributed by atoms with van der Waals surface area (Å²) >= 11 is 0. The summed E-state index contributed by atoms with van der Waals surface area (Å²) in [6.07, 6.45) is 1.05. The van der Waals surface area contributed by atoms with Gasteiger partial charge in [-0.2, -0.15) is 0 Å². The third-order valence-electron chi connectivity index (χ3n) is 4.57. The topological polar surface area (TPSA) is 61.8 Å². The van der Waals surface area contributed by atoms with Gasteiger partial charge in [0.05, 0.1) is 7.11 Å². The van der Waals surface area contributed by atoms with E-state index in [-0.39, 0.29) is 12.5 Å². The molecule has 1 aliphatic rings. The minimum absolute atomic E-state index is 0.138. The van der Waals surface area contributed by atoms with Crippen LogP contribution in [0.25, 0.3) is 0 Å². The second kappa shape index (κ2) is 8.14. The van der Waals surface area contributed by atoms with Gasteiger partial charge in [0.2, 0.25) is 0 Å². The average Bonchev–Trinajstić information content (AvgIpc) is 3.09. The Bertz CT molecular complexity index is 715. The number of aliphatic hydroxyl groups excluding tert-OH is 1. The van der Waals surface area contributed by atoms with Gasteiger partial charge in [-0.1, -0.05) is 12.1 Å². The Hall–Kier alpha value is -2.37. The minimum Gasteiger partial charge on any atom is -0.497 e. The molecule has 2 aromatic rings. The van der Waals surface area contributed by atoms with Crippen LogP contribution in [0, 0.1) is 5.92 Å². The van der Waals surface area contributed by atoms with Crippen LogP contribution >= 0.6 is 0 Å². The number of methoxy groups -OCH3 is 1. The molecule has 2 N–H and O–H groups in total. The van der Waals surface area contributed by atoms with E-state index in [0.717, 1.165) is 43.1 Å². The van der Waals surface area contributed by atoms with Crippen LogP contribution in [-0.4, -0.2) is 42.7 Å². The number of nitrogens with zero attached hydrogens (tertiary/aromatic N) is 1. The number of likely N-dealkylation sites (tertiary alicyclic amines) is 1. The summed E-state index contributed by atoms with van der Waals surface area (Å²) < 4.78 is 5.11. The number of nitrogens with one attached hydrogen (secondary N) is 1. The molecule has 1 amide bonds. The van der Waals surface area contributed by atoms with Crippen molar-refractivity contribution in [1.29, 1.82) is 0 Å². The van der Waals surface area contributed by atoms with Crippen LogP contribution in [0.5, 0.6) is 5.75 Å². The number of anilines is 1. The first-order chi connectivity index (χ1) is 12.2. The molecule has 1 unspecified atom stereocenters. The van der Waals surface area contributed by atoms with Gasteiger partial charge in [0, 0.05) is 30.9 Å². The fourth-order valence-electron chi connectivity index (χ4n) is 3.16. The summed E-state index contributed by atoms with van der Waals surface area (Å²) in [5.74, 6) is 0.977. The molecule has 1 fully saturated rings. The van der Waals surface area contributed by atoms with Crippen molar-refractivity contribution in [2.24, 2.45) is 5.92 Å². The Kier molecular flexibility index (Phi) is 5.68. The quantitative estimate of drug-likeness (QED) is 0.849. The van der Waals surface area contributed by atoms with Crippen molar-refractivity contribution in [2.45, 2.75) is 13.0 Å². The molecule has 2 aromatic carbocycles. The second-order valence-electron chi connectivity index (χ2n) is 6.46. The highest BCUT2D eigenvalue weighted by Gasteiger charge is 2.21. The lowest BCUT2D eigenvalue weighted by atomic mass is 10.1. The maximum Gasteiger partial charge on any atom is 0.255 e. The monoisotopic (exact) mass is 340 g/mol. The van der Waals surface area contributed by atoms with E-state index in [1.165, 1.54) is 0 Å². The predicted octanol–water partition coefficient (Wildman–Crippen LogP) is 2.76. The van der Waals surface area contributed by atoms with Gasteiger partial charge in [0.1, 0.15) is 5.75 Å². The molecule has 1 aliphatic heterocycles.